The summed E-state index contributed by atoms with van der Waals surface area (Å²) >= 11 is -1.25. The van der Waals surface area contributed by atoms with Crippen molar-refractivity contribution in [2.45, 2.75) is 22.1 Å². The summed E-state index contributed by atoms with van der Waals surface area (Å²) in [6.07, 6.45) is 0. The summed E-state index contributed by atoms with van der Waals surface area (Å²) in [5, 5.41) is 0. The average molecular weight is 139 g/mol. The molecule has 0 amide bonds. The van der Waals surface area contributed by atoms with Gasteiger partial charge < -0.3 is 0 Å². The molecule has 0 fully saturated rings. The first-order valence-corrected chi connectivity index (χ1v) is 14.7. The maximum Gasteiger partial charge on any atom is 1.00 e. The molecular weight excluding hydrogens is 127 g/mol. The van der Waals surface area contributed by atoms with Crippen LogP contribution in [0.25, 0.3) is 0 Å². The smallest absolute Gasteiger partial charge is 1.00 e. The Labute approximate surface area is 74.0 Å². The summed E-state index contributed by atoms with van der Waals surface area (Å²) in [5.41, 5.74) is 9.62. The second kappa shape index (κ2) is 5.95. The van der Waals surface area contributed by atoms with Crippen LogP contribution in [0.4, 0.5) is 0 Å². The van der Waals surface area contributed by atoms with Crippen LogP contribution in [0.5, 0.6) is 0 Å². The zero-order valence-electron chi connectivity index (χ0n) is 6.71. The molecule has 0 aliphatic rings. The topological polar surface area (TPSA) is 0 Å². The molecular formula is C4H12Li2Zn. The summed E-state index contributed by atoms with van der Waals surface area (Å²) in [6, 6.07) is 0. The average Bonchev–Trinajstić information content (AvgIpc) is 0.722. The molecule has 3 heteroatoms. The van der Waals surface area contributed by atoms with E-state index < -0.39 is 14.8 Å². The molecule has 0 aliphatic heterocycles. The van der Waals surface area contributed by atoms with E-state index in [1.165, 1.54) is 0 Å². The Hall–Kier alpha value is 1.82. The fourth-order valence-corrected chi connectivity index (χ4v) is 0. The monoisotopic (exact) mass is 138 g/mol. The molecule has 0 aliphatic carbocycles. The molecule has 0 aromatic carbocycles. The molecule has 7 heavy (non-hydrogen) atoms. The molecule has 32 valence electrons. The van der Waals surface area contributed by atoms with Crippen molar-refractivity contribution in [3.05, 3.63) is 0 Å². The van der Waals surface area contributed by atoms with E-state index in [1.807, 2.05) is 0 Å². The zero-order valence-corrected chi connectivity index (χ0v) is 9.67. The van der Waals surface area contributed by atoms with Crippen molar-refractivity contribution in [2.75, 3.05) is 0 Å². The van der Waals surface area contributed by atoms with Gasteiger partial charge in [-0.1, -0.05) is 0 Å². The van der Waals surface area contributed by atoms with E-state index in [4.69, 9.17) is 0 Å². The Balaban J connectivity index is -0.0000000800. The van der Waals surface area contributed by atoms with Crippen LogP contribution in [-0.4, -0.2) is 0 Å². The van der Waals surface area contributed by atoms with Gasteiger partial charge in [0.05, 0.1) is 0 Å². The summed E-state index contributed by atoms with van der Waals surface area (Å²) in [6.45, 7) is 0. The third kappa shape index (κ3) is 80.1. The molecule has 0 saturated heterocycles. The molecule has 0 spiro atoms. The largest absolute Gasteiger partial charge is 1.00 e. The van der Waals surface area contributed by atoms with Crippen LogP contribution in [0.15, 0.2) is 0 Å². The van der Waals surface area contributed by atoms with Gasteiger partial charge in [0, 0.05) is 0 Å². The third-order valence-electron chi connectivity index (χ3n) is 0. The maximum absolute atomic E-state index is 2.41. The van der Waals surface area contributed by atoms with Gasteiger partial charge in [-0.3, -0.25) is 0 Å². The van der Waals surface area contributed by atoms with Crippen LogP contribution < -0.4 is 37.7 Å². The Kier molecular flexibility index (Phi) is 13.5. The number of hydrogen-bond acceptors (Lipinski definition) is 0. The molecule has 0 unspecified atom stereocenters. The first kappa shape index (κ1) is 15.9. The van der Waals surface area contributed by atoms with Crippen molar-refractivity contribution < 1.29 is 52.5 Å². The van der Waals surface area contributed by atoms with E-state index in [0.717, 1.165) is 0 Å². The van der Waals surface area contributed by atoms with E-state index in [9.17, 15) is 0 Å². The van der Waals surface area contributed by atoms with Crippen molar-refractivity contribution >= 4 is 0 Å². The van der Waals surface area contributed by atoms with Crippen LogP contribution >= 0.6 is 0 Å². The van der Waals surface area contributed by atoms with Gasteiger partial charge in [-0.15, -0.1) is 0 Å². The zero-order chi connectivity index (χ0) is 4.50. The fraction of sp³-hybridized carbons (Fsp3) is 1.00. The first-order valence-electron chi connectivity index (χ1n) is 2.83. The predicted molar refractivity (Wildman–Crippen MR) is 23.5 cm³/mol. The molecule has 0 radical (unpaired) electrons. The number of rotatable bonds is 0. The van der Waals surface area contributed by atoms with Crippen LogP contribution in [0.1, 0.15) is 0 Å². The molecule has 0 atom stereocenters. The Morgan fingerprint density at radius 2 is 0.714 bits per heavy atom. The molecule has 0 aromatic rings. The summed E-state index contributed by atoms with van der Waals surface area (Å²) in [4.78, 5) is 0. The normalized spacial score (nSPS) is 8.57. The van der Waals surface area contributed by atoms with Crippen molar-refractivity contribution in [3.63, 3.8) is 0 Å². The summed E-state index contributed by atoms with van der Waals surface area (Å²) in [5.74, 6) is 0. The van der Waals surface area contributed by atoms with E-state index >= 15 is 0 Å². The van der Waals surface area contributed by atoms with Crippen molar-refractivity contribution in [1.82, 2.24) is 0 Å². The quantitative estimate of drug-likeness (QED) is 0.304. The molecule has 0 rings (SSSR count). The molecule has 0 aromatic heterocycles. The van der Waals surface area contributed by atoms with Crippen LogP contribution in [0.2, 0.25) is 22.1 Å². The van der Waals surface area contributed by atoms with Crippen molar-refractivity contribution in [2.24, 2.45) is 0 Å². The predicted octanol–water partition coefficient (Wildman–Crippen LogP) is -3.66. The van der Waals surface area contributed by atoms with E-state index in [2.05, 4.69) is 22.1 Å². The summed E-state index contributed by atoms with van der Waals surface area (Å²) < 4.78 is 0. The van der Waals surface area contributed by atoms with E-state index in [1.54, 1.807) is 0 Å². The first-order chi connectivity index (χ1) is 2.00. The summed E-state index contributed by atoms with van der Waals surface area (Å²) in [7, 11) is 0. The van der Waals surface area contributed by atoms with E-state index in [-0.39, 0.29) is 37.7 Å². The van der Waals surface area contributed by atoms with Gasteiger partial charge >= 0.3 is 74.6 Å². The van der Waals surface area contributed by atoms with Crippen LogP contribution in [0.3, 0.4) is 0 Å². The minimum atomic E-state index is -1.25. The number of hydrogen-bond donors (Lipinski definition) is 0. The second-order valence-electron chi connectivity index (χ2n) is 4.24. The standard InChI is InChI=1S/4CH3.2Li.Zn/h4*1H3;;;/q;;;;2*+1;-2. The van der Waals surface area contributed by atoms with Crippen molar-refractivity contribution in [3.8, 4) is 0 Å². The fourth-order valence-electron chi connectivity index (χ4n) is 0. The van der Waals surface area contributed by atoms with Gasteiger partial charge in [-0.2, -0.15) is 0 Å². The second-order valence-corrected chi connectivity index (χ2v) is 22.0. The van der Waals surface area contributed by atoms with Gasteiger partial charge in [0.25, 0.3) is 0 Å². The van der Waals surface area contributed by atoms with Gasteiger partial charge in [-0.25, -0.2) is 0 Å². The maximum atomic E-state index is 2.41. The molecule has 0 nitrogen and oxygen atoms in total. The van der Waals surface area contributed by atoms with Gasteiger partial charge in [-0.05, 0) is 0 Å². The Bertz CT molecular complexity index is 25.2. The molecule has 0 bridgehead atoms. The third-order valence-corrected chi connectivity index (χ3v) is 0. The van der Waals surface area contributed by atoms with Crippen molar-refractivity contribution in [1.29, 1.82) is 0 Å². The SMILES string of the molecule is [CH3][Zn-2]([CH3])([CH3])[CH3].[Li+].[Li+]. The minimum absolute atomic E-state index is 0. The van der Waals surface area contributed by atoms with Crippen LogP contribution in [0, 0.1) is 0 Å². The Morgan fingerprint density at radius 3 is 0.714 bits per heavy atom. The molecule has 0 saturated carbocycles. The van der Waals surface area contributed by atoms with Gasteiger partial charge in [0.2, 0.25) is 0 Å². The van der Waals surface area contributed by atoms with E-state index in [0.29, 0.717) is 0 Å². The Morgan fingerprint density at radius 1 is 0.714 bits per heavy atom. The van der Waals surface area contributed by atoms with Crippen LogP contribution in [-0.2, 0) is 14.8 Å². The van der Waals surface area contributed by atoms with Gasteiger partial charge in [0.15, 0.2) is 0 Å². The van der Waals surface area contributed by atoms with Gasteiger partial charge in [0.1, 0.15) is 0 Å². The molecule has 0 N–H and O–H groups in total. The molecule has 0 heterocycles. The minimum Gasteiger partial charge on any atom is 1.00 e.